The van der Waals surface area contributed by atoms with Crippen molar-refractivity contribution in [3.05, 3.63) is 35.9 Å². The van der Waals surface area contributed by atoms with E-state index in [0.717, 1.165) is 10.5 Å². The highest BCUT2D eigenvalue weighted by Crippen LogP contribution is 2.46. The van der Waals surface area contributed by atoms with E-state index in [1.165, 1.54) is 0 Å². The highest BCUT2D eigenvalue weighted by Gasteiger charge is 2.59. The van der Waals surface area contributed by atoms with Crippen molar-refractivity contribution in [2.75, 3.05) is 27.1 Å². The van der Waals surface area contributed by atoms with Crippen LogP contribution in [-0.2, 0) is 58.1 Å². The summed E-state index contributed by atoms with van der Waals surface area (Å²) in [5.74, 6) is -1.09. The number of methoxy groups -OCH3 is 1. The average Bonchev–Trinajstić information content (AvgIpc) is 3.60. The third-order valence-corrected chi connectivity index (χ3v) is 25.4. The number of carbonyl (C=O) groups is 3. The van der Waals surface area contributed by atoms with Crippen LogP contribution in [0, 0.1) is 11.3 Å². The van der Waals surface area contributed by atoms with Crippen LogP contribution in [0.4, 0.5) is 9.59 Å². The van der Waals surface area contributed by atoms with Crippen LogP contribution in [0.3, 0.4) is 0 Å². The van der Waals surface area contributed by atoms with E-state index in [0.29, 0.717) is 6.04 Å². The van der Waals surface area contributed by atoms with E-state index in [1.54, 1.807) is 7.11 Å². The van der Waals surface area contributed by atoms with Crippen LogP contribution in [-0.4, -0.2) is 141 Å². The Balaban J connectivity index is 1.81. The Morgan fingerprint density at radius 2 is 1.52 bits per heavy atom. The Morgan fingerprint density at radius 3 is 2.06 bits per heavy atom. The smallest absolute Gasteiger partial charge is 0.449 e. The van der Waals surface area contributed by atoms with Crippen LogP contribution in [0.2, 0.25) is 61.9 Å². The molecule has 2 amide bonds. The number of benzene rings is 1. The van der Waals surface area contributed by atoms with Crippen LogP contribution in [0.25, 0.3) is 0 Å². The van der Waals surface area contributed by atoms with E-state index < -0.39 is 103 Å². The van der Waals surface area contributed by atoms with Crippen molar-refractivity contribution >= 4 is 42.9 Å². The maximum absolute atomic E-state index is 15.6. The molecule has 0 bridgehead atoms. The van der Waals surface area contributed by atoms with E-state index >= 15 is 4.79 Å². The number of aliphatic hydroxyl groups is 1. The summed E-state index contributed by atoms with van der Waals surface area (Å²) in [5.41, 5.74) is 0.0476. The molecule has 378 valence electrons. The predicted octanol–water partition coefficient (Wildman–Crippen LogP) is 9.50. The number of rotatable bonds is 20. The molecule has 0 radical (unpaired) electrons. The van der Waals surface area contributed by atoms with Crippen molar-refractivity contribution < 1.29 is 66.2 Å². The van der Waals surface area contributed by atoms with Crippen molar-refractivity contribution in [2.24, 2.45) is 11.3 Å². The number of cyclic esters (lactones) is 2. The summed E-state index contributed by atoms with van der Waals surface area (Å²) in [6, 6.07) is 9.97. The summed E-state index contributed by atoms with van der Waals surface area (Å²) in [4.78, 5) is 43.2. The molecule has 3 fully saturated rings. The van der Waals surface area contributed by atoms with Crippen molar-refractivity contribution in [1.29, 1.82) is 0 Å². The van der Waals surface area contributed by atoms with Gasteiger partial charge in [0.05, 0.1) is 37.6 Å². The van der Waals surface area contributed by atoms with Gasteiger partial charge in [0.2, 0.25) is 0 Å². The summed E-state index contributed by atoms with van der Waals surface area (Å²) < 4.78 is 62.5. The van der Waals surface area contributed by atoms with E-state index in [2.05, 4.69) is 101 Å². The lowest BCUT2D eigenvalue weighted by Gasteiger charge is -2.55. The minimum absolute atomic E-state index is 0.00995. The van der Waals surface area contributed by atoms with Crippen LogP contribution in [0.5, 0.6) is 0 Å². The van der Waals surface area contributed by atoms with Crippen LogP contribution in [0.1, 0.15) is 87.6 Å². The first kappa shape index (κ1) is 56.3. The second kappa shape index (κ2) is 22.2. The van der Waals surface area contributed by atoms with Crippen molar-refractivity contribution in [1.82, 2.24) is 4.90 Å². The molecular formula is C48H85NO14Si3. The largest absolute Gasteiger partial charge is 0.508 e. The highest BCUT2D eigenvalue weighted by atomic mass is 28.4. The quantitative estimate of drug-likeness (QED) is 0.0969. The molecular weight excluding hydrogens is 899 g/mol. The number of hydrogen-bond donors (Lipinski definition) is 1. The molecule has 3 aliphatic rings. The van der Waals surface area contributed by atoms with Crippen LogP contribution in [0.15, 0.2) is 30.3 Å². The van der Waals surface area contributed by atoms with Gasteiger partial charge in [-0.25, -0.2) is 14.5 Å². The van der Waals surface area contributed by atoms with Gasteiger partial charge in [-0.15, -0.1) is 0 Å². The minimum atomic E-state index is -2.49. The fourth-order valence-corrected chi connectivity index (χ4v) is 11.7. The maximum Gasteiger partial charge on any atom is 0.508 e. The third kappa shape index (κ3) is 14.2. The van der Waals surface area contributed by atoms with Gasteiger partial charge in [-0.3, -0.25) is 4.79 Å². The Hall–Kier alpha value is -2.24. The molecule has 1 aromatic rings. The molecule has 1 aromatic carbocycles. The molecule has 3 saturated heterocycles. The molecule has 4 rings (SSSR count). The van der Waals surface area contributed by atoms with Gasteiger partial charge in [0.1, 0.15) is 31.7 Å². The zero-order valence-electron chi connectivity index (χ0n) is 43.4. The molecule has 1 unspecified atom stereocenters. The van der Waals surface area contributed by atoms with Gasteiger partial charge in [0.15, 0.2) is 29.0 Å². The molecule has 15 nitrogen and oxygen atoms in total. The van der Waals surface area contributed by atoms with Crippen molar-refractivity contribution in [3.8, 4) is 0 Å². The summed E-state index contributed by atoms with van der Waals surface area (Å²) in [7, 11) is -4.87. The summed E-state index contributed by atoms with van der Waals surface area (Å²) >= 11 is 0. The van der Waals surface area contributed by atoms with Gasteiger partial charge in [-0.1, -0.05) is 112 Å². The van der Waals surface area contributed by atoms with Crippen molar-refractivity contribution in [2.45, 2.75) is 212 Å². The normalized spacial score (nSPS) is 26.3. The first-order valence-electron chi connectivity index (χ1n) is 23.7. The van der Waals surface area contributed by atoms with Gasteiger partial charge >= 0.3 is 12.2 Å². The fourth-order valence-electron chi connectivity index (χ4n) is 8.07. The fraction of sp³-hybridized carbons (Fsp3) is 0.812. The third-order valence-electron chi connectivity index (χ3n) is 14.6. The molecule has 0 spiro atoms. The highest BCUT2D eigenvalue weighted by molar-refractivity contribution is 6.76. The SMILES string of the molecule is CO[C@@H]1[C@H]2OCO[C@H](N(C(=O)OCC[Si](C)(C)C)C(=O)[C@H](OCc3ccccc3)C(O)C[C@@H](O[Si](C)(C)C(C)(C)C)[C@@H](C)[C@@H](C)O[Si](C)(C)C(C)(C)C)[C@H]2O[C@H](C[C@H]2COC(=O)O2)C1(C)C. The van der Waals surface area contributed by atoms with E-state index in [4.69, 9.17) is 46.7 Å². The summed E-state index contributed by atoms with van der Waals surface area (Å²) in [6.45, 7) is 36.2. The number of aliphatic hydroxyl groups excluding tert-OH is 1. The Bertz CT molecular complexity index is 1750. The molecule has 18 heteroatoms. The van der Waals surface area contributed by atoms with Crippen molar-refractivity contribution in [3.63, 3.8) is 0 Å². The average molecular weight is 984 g/mol. The van der Waals surface area contributed by atoms with E-state index in [9.17, 15) is 14.7 Å². The zero-order chi connectivity index (χ0) is 49.8. The second-order valence-corrected chi connectivity index (χ2v) is 38.6. The lowest BCUT2D eigenvalue weighted by Crippen LogP contribution is -2.70. The van der Waals surface area contributed by atoms with Gasteiger partial charge in [-0.2, -0.15) is 0 Å². The minimum Gasteiger partial charge on any atom is -0.449 e. The van der Waals surface area contributed by atoms with Gasteiger partial charge in [-0.05, 0) is 54.8 Å². The number of amides is 2. The van der Waals surface area contributed by atoms with Gasteiger partial charge in [0.25, 0.3) is 5.91 Å². The second-order valence-electron chi connectivity index (χ2n) is 23.4. The number of imide groups is 1. The number of hydrogen-bond acceptors (Lipinski definition) is 14. The van der Waals surface area contributed by atoms with Crippen LogP contribution >= 0.6 is 0 Å². The maximum atomic E-state index is 15.6. The zero-order valence-corrected chi connectivity index (χ0v) is 46.4. The Morgan fingerprint density at radius 1 is 0.909 bits per heavy atom. The number of ether oxygens (including phenoxy) is 8. The standard InChI is InChI=1S/C48H85NO14Si3/c1-31(32(2)62-65(15,16)46(3,4)5)36(63-66(17,18)47(6,7)8)27-35(50)38(56-28-33-22-20-19-21-23-33)42(51)49(44(52)55-24-25-64(12,13)14)43-40-39(58-30-59-43)41(54-11)48(9,10)37(61-40)26-34-29-57-45(53)60-34/h19-23,31-32,34-41,43,50H,24-30H2,1-18H3/t31-,32+,34-,35?,36+,37+,38+,39-,40-,41+,43-/m0/s1. The molecule has 0 aromatic heterocycles. The molecule has 0 saturated carbocycles. The topological polar surface area (TPSA) is 167 Å². The monoisotopic (exact) mass is 984 g/mol. The molecule has 0 aliphatic carbocycles. The van der Waals surface area contributed by atoms with Gasteiger partial charge in [0, 0.05) is 45.5 Å². The van der Waals surface area contributed by atoms with E-state index in [1.807, 2.05) is 44.2 Å². The molecule has 11 atom stereocenters. The summed E-state index contributed by atoms with van der Waals surface area (Å²) in [6.07, 6.45) is -10.6. The molecule has 3 aliphatic heterocycles. The predicted molar refractivity (Wildman–Crippen MR) is 260 cm³/mol. The number of fused-ring (bicyclic) bond motifs is 1. The Kier molecular flexibility index (Phi) is 19.0. The first-order valence-corrected chi connectivity index (χ1v) is 33.3. The lowest BCUT2D eigenvalue weighted by molar-refractivity contribution is -0.342. The molecule has 1 N–H and O–H groups in total. The van der Waals surface area contributed by atoms with E-state index in [-0.39, 0.29) is 61.6 Å². The summed E-state index contributed by atoms with van der Waals surface area (Å²) in [5, 5.41) is 12.4. The Labute approximate surface area is 398 Å². The number of carbonyl (C=O) groups excluding carboxylic acids is 3. The number of nitrogens with zero attached hydrogens (tertiary/aromatic N) is 1. The molecule has 66 heavy (non-hydrogen) atoms. The lowest BCUT2D eigenvalue weighted by atomic mass is 9.72. The van der Waals surface area contributed by atoms with Gasteiger partial charge < -0.3 is 51.9 Å². The van der Waals surface area contributed by atoms with Crippen LogP contribution < -0.4 is 0 Å². The molecule has 3 heterocycles. The first-order chi connectivity index (χ1) is 30.3.